The number of nitrogens with one attached hydrogen (secondary N) is 1. The predicted octanol–water partition coefficient (Wildman–Crippen LogP) is 2.89. The van der Waals surface area contributed by atoms with Gasteiger partial charge in [0.1, 0.15) is 0 Å². The van der Waals surface area contributed by atoms with Gasteiger partial charge in [-0.3, -0.25) is 4.99 Å². The zero-order valence-corrected chi connectivity index (χ0v) is 15.0. The van der Waals surface area contributed by atoms with Crippen LogP contribution in [0.5, 0.6) is 0 Å². The monoisotopic (exact) mass is 383 g/mol. The van der Waals surface area contributed by atoms with Crippen LogP contribution in [0.15, 0.2) is 17.6 Å². The van der Waals surface area contributed by atoms with Crippen LogP contribution < -0.4 is 5.32 Å². The number of rotatable bonds is 10. The topological polar surface area (TPSA) is 36.9 Å². The van der Waals surface area contributed by atoms with Crippen molar-refractivity contribution in [3.8, 4) is 0 Å². The van der Waals surface area contributed by atoms with Crippen LogP contribution in [0, 0.1) is 0 Å². The maximum absolute atomic E-state index is 5.50. The smallest absolute Gasteiger partial charge is 0.193 e. The summed E-state index contributed by atoms with van der Waals surface area (Å²) < 4.78 is 5.50. The first kappa shape index (κ1) is 21.0. The highest BCUT2D eigenvalue weighted by Crippen LogP contribution is 1.94. The van der Waals surface area contributed by atoms with Gasteiger partial charge in [0.2, 0.25) is 0 Å². The van der Waals surface area contributed by atoms with E-state index >= 15 is 0 Å². The van der Waals surface area contributed by atoms with Crippen molar-refractivity contribution in [2.24, 2.45) is 4.99 Å². The van der Waals surface area contributed by atoms with Crippen LogP contribution in [-0.2, 0) is 4.74 Å². The third kappa shape index (κ3) is 12.5. The van der Waals surface area contributed by atoms with Crippen molar-refractivity contribution in [3.63, 3.8) is 0 Å². The average Bonchev–Trinajstić information content (AvgIpc) is 2.38. The molecule has 0 saturated carbocycles. The average molecular weight is 383 g/mol. The Hall–Kier alpha value is -0.300. The largest absolute Gasteiger partial charge is 0.380 e. The highest BCUT2D eigenvalue weighted by Gasteiger charge is 2.03. The molecule has 0 aliphatic carbocycles. The summed E-state index contributed by atoms with van der Waals surface area (Å²) in [5.41, 5.74) is 0. The Balaban J connectivity index is 0. The van der Waals surface area contributed by atoms with E-state index in [0.29, 0.717) is 0 Å². The Bertz CT molecular complexity index is 235. The van der Waals surface area contributed by atoms with Gasteiger partial charge >= 0.3 is 0 Å². The summed E-state index contributed by atoms with van der Waals surface area (Å²) in [5, 5.41) is 3.30. The van der Waals surface area contributed by atoms with Gasteiger partial charge in [-0.1, -0.05) is 19.4 Å². The molecule has 0 bridgehead atoms. The van der Waals surface area contributed by atoms with E-state index in [2.05, 4.69) is 35.8 Å². The van der Waals surface area contributed by atoms with Crippen molar-refractivity contribution in [2.45, 2.75) is 32.6 Å². The maximum Gasteiger partial charge on any atom is 0.193 e. The number of ether oxygens (including phenoxy) is 1. The molecule has 4 nitrogen and oxygen atoms in total. The van der Waals surface area contributed by atoms with Gasteiger partial charge in [0.05, 0.1) is 6.61 Å². The number of unbranched alkanes of at least 4 members (excludes halogenated alkanes) is 2. The summed E-state index contributed by atoms with van der Waals surface area (Å²) in [7, 11) is 3.86. The Morgan fingerprint density at radius 1 is 1.37 bits per heavy atom. The Morgan fingerprint density at radius 2 is 2.11 bits per heavy atom. The molecule has 0 saturated heterocycles. The predicted molar refractivity (Wildman–Crippen MR) is 94.6 cm³/mol. The van der Waals surface area contributed by atoms with Crippen LogP contribution in [-0.4, -0.2) is 51.3 Å². The maximum atomic E-state index is 5.50. The Kier molecular flexibility index (Phi) is 17.4. The standard InChI is InChI=1S/C14H29N3O.HI/c1-5-7-9-11-17(4)14(15-3)16-10-13-18-12-8-6-2;/h5H,1,6-13H2,2-4H3,(H,15,16);1H. The molecule has 0 heterocycles. The Morgan fingerprint density at radius 3 is 2.68 bits per heavy atom. The molecule has 0 aromatic carbocycles. The first-order valence-electron chi connectivity index (χ1n) is 6.86. The quantitative estimate of drug-likeness (QED) is 0.207. The van der Waals surface area contributed by atoms with E-state index in [-0.39, 0.29) is 24.0 Å². The van der Waals surface area contributed by atoms with Crippen molar-refractivity contribution >= 4 is 29.9 Å². The van der Waals surface area contributed by atoms with Crippen LogP contribution in [0.2, 0.25) is 0 Å². The van der Waals surface area contributed by atoms with E-state index in [1.165, 1.54) is 6.42 Å². The highest BCUT2D eigenvalue weighted by atomic mass is 127. The number of aliphatic imine (C=N–C) groups is 1. The first-order valence-corrected chi connectivity index (χ1v) is 6.86. The lowest BCUT2D eigenvalue weighted by Crippen LogP contribution is -2.40. The van der Waals surface area contributed by atoms with Crippen molar-refractivity contribution < 1.29 is 4.74 Å². The molecule has 1 N–H and O–H groups in total. The van der Waals surface area contributed by atoms with E-state index in [1.54, 1.807) is 0 Å². The van der Waals surface area contributed by atoms with Gasteiger partial charge in [-0.05, 0) is 19.3 Å². The molecule has 0 aromatic rings. The van der Waals surface area contributed by atoms with Gasteiger partial charge in [-0.25, -0.2) is 0 Å². The fraction of sp³-hybridized carbons (Fsp3) is 0.786. The lowest BCUT2D eigenvalue weighted by atomic mass is 10.3. The lowest BCUT2D eigenvalue weighted by Gasteiger charge is -2.21. The molecule has 0 radical (unpaired) electrons. The lowest BCUT2D eigenvalue weighted by molar-refractivity contribution is 0.135. The fourth-order valence-electron chi connectivity index (χ4n) is 1.55. The molecule has 0 aliphatic rings. The molecule has 0 aromatic heterocycles. The minimum Gasteiger partial charge on any atom is -0.380 e. The number of hydrogen-bond donors (Lipinski definition) is 1. The zero-order chi connectivity index (χ0) is 13.6. The second kappa shape index (κ2) is 15.8. The SMILES string of the molecule is C=CCCCN(C)C(=NC)NCCOCCCC.I. The van der Waals surface area contributed by atoms with Gasteiger partial charge in [0, 0.05) is 33.8 Å². The van der Waals surface area contributed by atoms with Crippen molar-refractivity contribution in [1.82, 2.24) is 10.2 Å². The number of halogens is 1. The van der Waals surface area contributed by atoms with E-state index in [9.17, 15) is 0 Å². The summed E-state index contributed by atoms with van der Waals surface area (Å²) in [4.78, 5) is 6.39. The van der Waals surface area contributed by atoms with Crippen molar-refractivity contribution in [1.29, 1.82) is 0 Å². The number of guanidine groups is 1. The van der Waals surface area contributed by atoms with Crippen molar-refractivity contribution in [3.05, 3.63) is 12.7 Å². The van der Waals surface area contributed by atoms with Crippen molar-refractivity contribution in [2.75, 3.05) is 40.4 Å². The molecule has 0 fully saturated rings. The van der Waals surface area contributed by atoms with Crippen LogP contribution >= 0.6 is 24.0 Å². The second-order valence-corrected chi connectivity index (χ2v) is 4.29. The summed E-state index contributed by atoms with van der Waals surface area (Å²) in [6.07, 6.45) is 6.41. The van der Waals surface area contributed by atoms with Crippen LogP contribution in [0.1, 0.15) is 32.6 Å². The third-order valence-electron chi connectivity index (χ3n) is 2.65. The molecule has 0 atom stereocenters. The molecule has 5 heteroatoms. The summed E-state index contributed by atoms with van der Waals surface area (Å²) in [6.45, 7) is 9.28. The highest BCUT2D eigenvalue weighted by molar-refractivity contribution is 14.0. The molecule has 0 aliphatic heterocycles. The zero-order valence-electron chi connectivity index (χ0n) is 12.7. The summed E-state index contributed by atoms with van der Waals surface area (Å²) >= 11 is 0. The third-order valence-corrected chi connectivity index (χ3v) is 2.65. The van der Waals surface area contributed by atoms with Gasteiger partial charge in [0.15, 0.2) is 5.96 Å². The van der Waals surface area contributed by atoms with Crippen LogP contribution in [0.3, 0.4) is 0 Å². The number of hydrogen-bond acceptors (Lipinski definition) is 2. The molecule has 0 amide bonds. The Labute approximate surface area is 135 Å². The van der Waals surface area contributed by atoms with Gasteiger partial charge in [-0.2, -0.15) is 0 Å². The minimum atomic E-state index is 0. The number of allylic oxidation sites excluding steroid dienone is 1. The normalized spacial score (nSPS) is 10.8. The van der Waals surface area contributed by atoms with E-state index in [1.807, 2.05) is 13.1 Å². The molecule has 0 spiro atoms. The van der Waals surface area contributed by atoms with Gasteiger partial charge < -0.3 is 15.0 Å². The van der Waals surface area contributed by atoms with Crippen LogP contribution in [0.25, 0.3) is 0 Å². The summed E-state index contributed by atoms with van der Waals surface area (Å²) in [6, 6.07) is 0. The minimum absolute atomic E-state index is 0. The number of nitrogens with zero attached hydrogens (tertiary/aromatic N) is 2. The van der Waals surface area contributed by atoms with E-state index in [4.69, 9.17) is 4.74 Å². The van der Waals surface area contributed by atoms with Gasteiger partial charge in [-0.15, -0.1) is 30.6 Å². The first-order chi connectivity index (χ1) is 8.76. The van der Waals surface area contributed by atoms with Crippen LogP contribution in [0.4, 0.5) is 0 Å². The second-order valence-electron chi connectivity index (χ2n) is 4.29. The van der Waals surface area contributed by atoms with E-state index in [0.717, 1.165) is 51.5 Å². The molecular formula is C14H30IN3O. The molecule has 0 unspecified atom stereocenters. The van der Waals surface area contributed by atoms with Gasteiger partial charge in [0.25, 0.3) is 0 Å². The summed E-state index contributed by atoms with van der Waals surface area (Å²) in [5.74, 6) is 0.929. The van der Waals surface area contributed by atoms with E-state index < -0.39 is 0 Å². The molecule has 19 heavy (non-hydrogen) atoms. The molecule has 114 valence electrons. The fourth-order valence-corrected chi connectivity index (χ4v) is 1.55. The molecule has 0 rings (SSSR count). The molecular weight excluding hydrogens is 353 g/mol.